The van der Waals surface area contributed by atoms with Gasteiger partial charge in [0.1, 0.15) is 22.8 Å². The molecule has 0 fully saturated rings. The summed E-state index contributed by atoms with van der Waals surface area (Å²) in [5.41, 5.74) is 1.18. The third-order valence-corrected chi connectivity index (χ3v) is 5.75. The Morgan fingerprint density at radius 1 is 1.03 bits per heavy atom. The smallest absolute Gasteiger partial charge is 0.259 e. The van der Waals surface area contributed by atoms with Crippen LogP contribution in [0.1, 0.15) is 16.2 Å². The highest BCUT2D eigenvalue weighted by Gasteiger charge is 2.20. The predicted molar refractivity (Wildman–Crippen MR) is 128 cm³/mol. The van der Waals surface area contributed by atoms with Gasteiger partial charge in [-0.3, -0.25) is 9.36 Å². The van der Waals surface area contributed by atoms with Crippen molar-refractivity contribution in [3.63, 3.8) is 0 Å². The fraction of sp³-hybridized carbons (Fsp3) is 0.348. The van der Waals surface area contributed by atoms with E-state index in [9.17, 15) is 4.79 Å². The van der Waals surface area contributed by atoms with Crippen LogP contribution in [0.3, 0.4) is 0 Å². The molecule has 33 heavy (non-hydrogen) atoms. The molecule has 1 aromatic heterocycles. The second-order valence-electron chi connectivity index (χ2n) is 7.31. The Hall–Kier alpha value is -3.24. The number of rotatable bonds is 11. The molecule has 10 heteroatoms. The number of hydrogen-bond acceptors (Lipinski definition) is 8. The van der Waals surface area contributed by atoms with Gasteiger partial charge in [0.25, 0.3) is 5.91 Å². The summed E-state index contributed by atoms with van der Waals surface area (Å²) < 4.78 is 18.0. The number of amides is 1. The molecule has 0 spiro atoms. The largest absolute Gasteiger partial charge is 0.497 e. The number of benzene rings is 2. The van der Waals surface area contributed by atoms with Gasteiger partial charge in [-0.1, -0.05) is 23.9 Å². The molecule has 0 saturated carbocycles. The molecular formula is C23H29N5O4S. The van der Waals surface area contributed by atoms with Crippen molar-refractivity contribution in [1.29, 1.82) is 0 Å². The van der Waals surface area contributed by atoms with Gasteiger partial charge in [0.05, 0.1) is 33.6 Å². The van der Waals surface area contributed by atoms with Crippen molar-refractivity contribution < 1.29 is 19.0 Å². The minimum absolute atomic E-state index is 0.165. The maximum atomic E-state index is 13.0. The number of aromatic nitrogens is 3. The maximum Gasteiger partial charge on any atom is 0.259 e. The van der Waals surface area contributed by atoms with Crippen LogP contribution < -0.4 is 19.5 Å². The van der Waals surface area contributed by atoms with E-state index in [0.29, 0.717) is 22.9 Å². The van der Waals surface area contributed by atoms with Crippen LogP contribution in [0.25, 0.3) is 5.69 Å². The first kappa shape index (κ1) is 24.4. The minimum Gasteiger partial charge on any atom is -0.497 e. The number of nitrogens with one attached hydrogen (secondary N) is 1. The van der Waals surface area contributed by atoms with Gasteiger partial charge in [-0.05, 0) is 38.4 Å². The summed E-state index contributed by atoms with van der Waals surface area (Å²) in [6, 6.07) is 12.9. The highest BCUT2D eigenvalue weighted by atomic mass is 32.2. The summed E-state index contributed by atoms with van der Waals surface area (Å²) in [5, 5.41) is 12.4. The summed E-state index contributed by atoms with van der Waals surface area (Å²) in [6.07, 6.45) is 0. The highest BCUT2D eigenvalue weighted by molar-refractivity contribution is 7.99. The van der Waals surface area contributed by atoms with Crippen molar-refractivity contribution in [3.8, 4) is 22.9 Å². The summed E-state index contributed by atoms with van der Waals surface area (Å²) in [7, 11) is 8.71. The van der Waals surface area contributed by atoms with Crippen LogP contribution in [0.2, 0.25) is 0 Å². The molecule has 3 rings (SSSR count). The standard InChI is InChI=1S/C23H29N5O4S/c1-27(2)12-13-33-23-26-25-20(28(23)16-8-6-9-17(14-16)30-3)15-24-22(29)21-18(31-4)10-7-11-19(21)32-5/h6-11,14H,12-13,15H2,1-5H3,(H,24,29). The zero-order chi connectivity index (χ0) is 23.8. The lowest BCUT2D eigenvalue weighted by molar-refractivity contribution is 0.0943. The average molecular weight is 472 g/mol. The molecule has 0 unspecified atom stereocenters. The molecule has 2 aromatic carbocycles. The van der Waals surface area contributed by atoms with Gasteiger partial charge in [-0.15, -0.1) is 10.2 Å². The quantitative estimate of drug-likeness (QED) is 0.427. The fourth-order valence-corrected chi connectivity index (χ4v) is 4.24. The lowest BCUT2D eigenvalue weighted by Crippen LogP contribution is -2.25. The fourth-order valence-electron chi connectivity index (χ4n) is 3.16. The molecule has 1 N–H and O–H groups in total. The number of carbonyl (C=O) groups is 1. The van der Waals surface area contributed by atoms with E-state index in [1.807, 2.05) is 42.9 Å². The number of carbonyl (C=O) groups excluding carboxylic acids is 1. The molecule has 9 nitrogen and oxygen atoms in total. The molecule has 176 valence electrons. The van der Waals surface area contributed by atoms with Crippen LogP contribution >= 0.6 is 11.8 Å². The summed E-state index contributed by atoms with van der Waals surface area (Å²) in [4.78, 5) is 15.1. The Bertz CT molecular complexity index is 1060. The zero-order valence-corrected chi connectivity index (χ0v) is 20.3. The van der Waals surface area contributed by atoms with Gasteiger partial charge in [0.2, 0.25) is 0 Å². The molecule has 1 heterocycles. The summed E-state index contributed by atoms with van der Waals surface area (Å²) >= 11 is 1.60. The summed E-state index contributed by atoms with van der Waals surface area (Å²) in [5.74, 6) is 2.70. The topological polar surface area (TPSA) is 90.7 Å². The van der Waals surface area contributed by atoms with E-state index in [2.05, 4.69) is 20.4 Å². The number of hydrogen-bond donors (Lipinski definition) is 1. The Morgan fingerprint density at radius 3 is 2.36 bits per heavy atom. The highest BCUT2D eigenvalue weighted by Crippen LogP contribution is 2.28. The molecular weight excluding hydrogens is 442 g/mol. The molecule has 0 radical (unpaired) electrons. The molecule has 0 atom stereocenters. The Kier molecular flexibility index (Phi) is 8.56. The van der Waals surface area contributed by atoms with E-state index in [1.54, 1.807) is 37.1 Å². The van der Waals surface area contributed by atoms with Gasteiger partial charge in [-0.25, -0.2) is 0 Å². The van der Waals surface area contributed by atoms with Crippen molar-refractivity contribution in [2.75, 3.05) is 47.7 Å². The Morgan fingerprint density at radius 2 is 1.73 bits per heavy atom. The molecule has 3 aromatic rings. The van der Waals surface area contributed by atoms with Crippen LogP contribution in [0.4, 0.5) is 0 Å². The predicted octanol–water partition coefficient (Wildman–Crippen LogP) is 2.88. The second-order valence-corrected chi connectivity index (χ2v) is 8.37. The van der Waals surface area contributed by atoms with Gasteiger partial charge in [-0.2, -0.15) is 0 Å². The summed E-state index contributed by atoms with van der Waals surface area (Å²) in [6.45, 7) is 1.06. The molecule has 0 aliphatic carbocycles. The number of thioether (sulfide) groups is 1. The van der Waals surface area contributed by atoms with E-state index >= 15 is 0 Å². The van der Waals surface area contributed by atoms with E-state index < -0.39 is 0 Å². The van der Waals surface area contributed by atoms with E-state index in [-0.39, 0.29) is 12.5 Å². The lowest BCUT2D eigenvalue weighted by atomic mass is 10.1. The van der Waals surface area contributed by atoms with Gasteiger partial charge >= 0.3 is 0 Å². The van der Waals surface area contributed by atoms with Gasteiger partial charge in [0, 0.05) is 18.4 Å². The molecule has 0 saturated heterocycles. The average Bonchev–Trinajstić information content (AvgIpc) is 3.24. The zero-order valence-electron chi connectivity index (χ0n) is 19.5. The Balaban J connectivity index is 1.88. The lowest BCUT2D eigenvalue weighted by Gasteiger charge is -2.14. The third kappa shape index (κ3) is 5.96. The first-order valence-corrected chi connectivity index (χ1v) is 11.3. The maximum absolute atomic E-state index is 13.0. The van der Waals surface area contributed by atoms with Crippen molar-refractivity contribution in [1.82, 2.24) is 25.0 Å². The van der Waals surface area contributed by atoms with Crippen molar-refractivity contribution in [2.24, 2.45) is 0 Å². The van der Waals surface area contributed by atoms with E-state index in [0.717, 1.165) is 28.9 Å². The molecule has 0 aliphatic heterocycles. The van der Waals surface area contributed by atoms with E-state index in [4.69, 9.17) is 14.2 Å². The van der Waals surface area contributed by atoms with Crippen molar-refractivity contribution in [3.05, 3.63) is 53.9 Å². The van der Waals surface area contributed by atoms with Crippen LogP contribution in [-0.2, 0) is 6.54 Å². The van der Waals surface area contributed by atoms with Crippen LogP contribution in [0.5, 0.6) is 17.2 Å². The van der Waals surface area contributed by atoms with Gasteiger partial charge < -0.3 is 24.4 Å². The van der Waals surface area contributed by atoms with Crippen molar-refractivity contribution >= 4 is 17.7 Å². The molecule has 0 aliphatic rings. The number of nitrogens with zero attached hydrogens (tertiary/aromatic N) is 4. The Labute approximate surface area is 198 Å². The first-order chi connectivity index (χ1) is 16.0. The molecule has 0 bridgehead atoms. The van der Waals surface area contributed by atoms with Crippen LogP contribution in [-0.4, -0.2) is 73.3 Å². The number of methoxy groups -OCH3 is 3. The molecule has 1 amide bonds. The first-order valence-electron chi connectivity index (χ1n) is 10.3. The van der Waals surface area contributed by atoms with E-state index in [1.165, 1.54) is 14.2 Å². The SMILES string of the molecule is COc1cccc(-n2c(CNC(=O)c3c(OC)cccc3OC)nnc2SCCN(C)C)c1. The third-order valence-electron chi connectivity index (χ3n) is 4.84. The monoisotopic (exact) mass is 471 g/mol. The minimum atomic E-state index is -0.327. The number of ether oxygens (including phenoxy) is 3. The van der Waals surface area contributed by atoms with Crippen LogP contribution in [0, 0.1) is 0 Å². The van der Waals surface area contributed by atoms with Crippen LogP contribution in [0.15, 0.2) is 47.6 Å². The van der Waals surface area contributed by atoms with Gasteiger partial charge in [0.15, 0.2) is 11.0 Å². The normalized spacial score (nSPS) is 10.8. The second kappa shape index (κ2) is 11.6. The van der Waals surface area contributed by atoms with Crippen molar-refractivity contribution in [2.45, 2.75) is 11.7 Å².